The zero-order chi connectivity index (χ0) is 19.6. The minimum absolute atomic E-state index is 0.108. The Morgan fingerprint density at radius 3 is 2.41 bits per heavy atom. The van der Waals surface area contributed by atoms with Crippen LogP contribution in [0.3, 0.4) is 0 Å². The van der Waals surface area contributed by atoms with Crippen molar-refractivity contribution in [3.05, 3.63) is 70.4 Å². The Balaban J connectivity index is 1.92. The SMILES string of the molecule is CCc1[nH]nc(-c2ccccc2Cl)c1NC(=O)c1ccc(C(F)(F)F)cc1. The van der Waals surface area contributed by atoms with Gasteiger partial charge < -0.3 is 5.32 Å². The molecule has 0 aliphatic carbocycles. The highest BCUT2D eigenvalue weighted by atomic mass is 35.5. The zero-order valence-corrected chi connectivity index (χ0v) is 14.9. The monoisotopic (exact) mass is 393 g/mol. The van der Waals surface area contributed by atoms with Crippen molar-refractivity contribution in [2.45, 2.75) is 19.5 Å². The molecule has 0 aliphatic rings. The summed E-state index contributed by atoms with van der Waals surface area (Å²) in [5, 5.41) is 10.3. The molecule has 3 rings (SSSR count). The lowest BCUT2D eigenvalue weighted by Gasteiger charge is -2.10. The van der Waals surface area contributed by atoms with Gasteiger partial charge in [-0.05, 0) is 36.8 Å². The first-order valence-corrected chi connectivity index (χ1v) is 8.49. The van der Waals surface area contributed by atoms with Crippen molar-refractivity contribution in [2.75, 3.05) is 5.32 Å². The molecule has 4 nitrogen and oxygen atoms in total. The van der Waals surface area contributed by atoms with Gasteiger partial charge in [0.15, 0.2) is 0 Å². The number of anilines is 1. The van der Waals surface area contributed by atoms with Gasteiger partial charge in [-0.15, -0.1) is 0 Å². The Bertz CT molecular complexity index is 965. The first kappa shape index (κ1) is 19.0. The lowest BCUT2D eigenvalue weighted by Crippen LogP contribution is -2.14. The van der Waals surface area contributed by atoms with E-state index in [9.17, 15) is 18.0 Å². The van der Waals surface area contributed by atoms with Gasteiger partial charge in [0.2, 0.25) is 0 Å². The molecule has 1 aromatic heterocycles. The third-order valence-electron chi connectivity index (χ3n) is 4.04. The second kappa shape index (κ2) is 7.44. The Labute approximate surface area is 158 Å². The summed E-state index contributed by atoms with van der Waals surface area (Å²) in [4.78, 5) is 12.5. The van der Waals surface area contributed by atoms with Crippen molar-refractivity contribution in [3.63, 3.8) is 0 Å². The molecule has 0 atom stereocenters. The summed E-state index contributed by atoms with van der Waals surface area (Å²) in [5.74, 6) is -0.534. The van der Waals surface area contributed by atoms with Crippen LogP contribution in [-0.4, -0.2) is 16.1 Å². The van der Waals surface area contributed by atoms with Crippen LogP contribution in [0.15, 0.2) is 48.5 Å². The highest BCUT2D eigenvalue weighted by Crippen LogP contribution is 2.34. The molecular weight excluding hydrogens is 379 g/mol. The standard InChI is InChI=1S/C19H15ClF3N3O/c1-2-15-17(16(26-25-15)13-5-3-4-6-14(13)20)24-18(27)11-7-9-12(10-8-11)19(21,22)23/h3-10H,2H2,1H3,(H,24,27)(H,25,26). The fourth-order valence-corrected chi connectivity index (χ4v) is 2.84. The normalized spacial score (nSPS) is 11.4. The molecule has 0 spiro atoms. The van der Waals surface area contributed by atoms with Gasteiger partial charge in [-0.25, -0.2) is 0 Å². The predicted molar refractivity (Wildman–Crippen MR) is 97.8 cm³/mol. The van der Waals surface area contributed by atoms with Gasteiger partial charge in [0.1, 0.15) is 5.69 Å². The molecule has 0 saturated heterocycles. The second-order valence-electron chi connectivity index (χ2n) is 5.79. The maximum Gasteiger partial charge on any atom is 0.416 e. The number of rotatable bonds is 4. The number of aryl methyl sites for hydroxylation is 1. The van der Waals surface area contributed by atoms with Crippen LogP contribution < -0.4 is 5.32 Å². The summed E-state index contributed by atoms with van der Waals surface area (Å²) in [6.07, 6.45) is -3.88. The summed E-state index contributed by atoms with van der Waals surface area (Å²) in [5.41, 5.74) is 1.54. The molecule has 8 heteroatoms. The van der Waals surface area contributed by atoms with E-state index in [0.29, 0.717) is 34.1 Å². The van der Waals surface area contributed by atoms with Gasteiger partial charge in [-0.1, -0.05) is 36.7 Å². The minimum atomic E-state index is -4.45. The van der Waals surface area contributed by atoms with E-state index < -0.39 is 17.6 Å². The number of nitrogens with one attached hydrogen (secondary N) is 2. The Morgan fingerprint density at radius 2 is 1.81 bits per heavy atom. The second-order valence-corrected chi connectivity index (χ2v) is 6.20. The Morgan fingerprint density at radius 1 is 1.15 bits per heavy atom. The largest absolute Gasteiger partial charge is 0.416 e. The first-order valence-electron chi connectivity index (χ1n) is 8.12. The molecule has 1 amide bonds. The smallest absolute Gasteiger partial charge is 0.319 e. The number of carbonyl (C=O) groups is 1. The van der Waals surface area contributed by atoms with Crippen molar-refractivity contribution in [3.8, 4) is 11.3 Å². The van der Waals surface area contributed by atoms with Crippen LogP contribution in [0.2, 0.25) is 5.02 Å². The fraction of sp³-hybridized carbons (Fsp3) is 0.158. The van der Waals surface area contributed by atoms with E-state index >= 15 is 0 Å². The number of alkyl halides is 3. The predicted octanol–water partition coefficient (Wildman–Crippen LogP) is 5.56. The maximum absolute atomic E-state index is 12.7. The number of nitrogens with zero attached hydrogens (tertiary/aromatic N) is 1. The number of halogens is 4. The van der Waals surface area contributed by atoms with Crippen LogP contribution in [0.4, 0.5) is 18.9 Å². The van der Waals surface area contributed by atoms with Crippen LogP contribution in [0.25, 0.3) is 11.3 Å². The molecule has 140 valence electrons. The van der Waals surface area contributed by atoms with E-state index in [0.717, 1.165) is 24.3 Å². The van der Waals surface area contributed by atoms with Gasteiger partial charge in [0.05, 0.1) is 22.0 Å². The maximum atomic E-state index is 12.7. The van der Waals surface area contributed by atoms with E-state index in [1.54, 1.807) is 24.3 Å². The number of aromatic amines is 1. The average molecular weight is 394 g/mol. The van der Waals surface area contributed by atoms with Crippen LogP contribution in [0.5, 0.6) is 0 Å². The topological polar surface area (TPSA) is 57.8 Å². The van der Waals surface area contributed by atoms with Crippen molar-refractivity contribution in [2.24, 2.45) is 0 Å². The molecule has 1 heterocycles. The van der Waals surface area contributed by atoms with Gasteiger partial charge in [-0.2, -0.15) is 18.3 Å². The van der Waals surface area contributed by atoms with Crippen molar-refractivity contribution in [1.29, 1.82) is 0 Å². The van der Waals surface area contributed by atoms with E-state index in [4.69, 9.17) is 11.6 Å². The van der Waals surface area contributed by atoms with E-state index in [-0.39, 0.29) is 5.56 Å². The third kappa shape index (κ3) is 3.98. The van der Waals surface area contributed by atoms with Gasteiger partial charge in [-0.3, -0.25) is 9.89 Å². The molecule has 0 fully saturated rings. The van der Waals surface area contributed by atoms with Crippen LogP contribution >= 0.6 is 11.6 Å². The quantitative estimate of drug-likeness (QED) is 0.609. The lowest BCUT2D eigenvalue weighted by atomic mass is 10.1. The number of hydrogen-bond acceptors (Lipinski definition) is 2. The van der Waals surface area contributed by atoms with Gasteiger partial charge in [0, 0.05) is 11.1 Å². The first-order chi connectivity index (χ1) is 12.8. The number of benzene rings is 2. The van der Waals surface area contributed by atoms with Crippen LogP contribution in [0, 0.1) is 0 Å². The summed E-state index contributed by atoms with van der Waals surface area (Å²) in [6, 6.07) is 11.1. The molecular formula is C19H15ClF3N3O. The van der Waals surface area contributed by atoms with Crippen LogP contribution in [-0.2, 0) is 12.6 Å². The Hall–Kier alpha value is -2.80. The molecule has 0 unspecified atom stereocenters. The number of aromatic nitrogens is 2. The number of carbonyl (C=O) groups excluding carboxylic acids is 1. The van der Waals surface area contributed by atoms with Gasteiger partial charge >= 0.3 is 6.18 Å². The summed E-state index contributed by atoms with van der Waals surface area (Å²) in [7, 11) is 0. The number of amides is 1. The summed E-state index contributed by atoms with van der Waals surface area (Å²) < 4.78 is 38.0. The van der Waals surface area contributed by atoms with E-state index in [2.05, 4.69) is 15.5 Å². The van der Waals surface area contributed by atoms with Crippen LogP contribution in [0.1, 0.15) is 28.5 Å². The fourth-order valence-electron chi connectivity index (χ4n) is 2.61. The highest BCUT2D eigenvalue weighted by molar-refractivity contribution is 6.33. The summed E-state index contributed by atoms with van der Waals surface area (Å²) in [6.45, 7) is 1.89. The summed E-state index contributed by atoms with van der Waals surface area (Å²) >= 11 is 6.22. The molecule has 0 radical (unpaired) electrons. The molecule has 3 aromatic rings. The van der Waals surface area contributed by atoms with Crippen molar-refractivity contribution >= 4 is 23.2 Å². The molecule has 0 saturated carbocycles. The number of hydrogen-bond donors (Lipinski definition) is 2. The highest BCUT2D eigenvalue weighted by Gasteiger charge is 2.30. The minimum Gasteiger partial charge on any atom is -0.319 e. The van der Waals surface area contributed by atoms with Crippen molar-refractivity contribution < 1.29 is 18.0 Å². The average Bonchev–Trinajstić information content (AvgIpc) is 3.04. The third-order valence-corrected chi connectivity index (χ3v) is 4.37. The van der Waals surface area contributed by atoms with E-state index in [1.165, 1.54) is 0 Å². The molecule has 2 aromatic carbocycles. The zero-order valence-electron chi connectivity index (χ0n) is 14.2. The Kier molecular flexibility index (Phi) is 5.23. The molecule has 2 N–H and O–H groups in total. The van der Waals surface area contributed by atoms with Crippen molar-refractivity contribution in [1.82, 2.24) is 10.2 Å². The van der Waals surface area contributed by atoms with E-state index in [1.807, 2.05) is 6.92 Å². The lowest BCUT2D eigenvalue weighted by molar-refractivity contribution is -0.137. The number of H-pyrrole nitrogens is 1. The molecule has 0 bridgehead atoms. The van der Waals surface area contributed by atoms with Gasteiger partial charge in [0.25, 0.3) is 5.91 Å². The molecule has 0 aliphatic heterocycles. The molecule has 27 heavy (non-hydrogen) atoms.